The maximum atomic E-state index is 12.9. The minimum absolute atomic E-state index is 0.126. The van der Waals surface area contributed by atoms with Crippen LogP contribution in [0.2, 0.25) is 0 Å². The molecule has 5 nitrogen and oxygen atoms in total. The average molecular weight is 518 g/mol. The number of primary amides is 1. The lowest BCUT2D eigenvalue weighted by Crippen LogP contribution is -2.44. The van der Waals surface area contributed by atoms with E-state index in [0.717, 1.165) is 41.7 Å². The summed E-state index contributed by atoms with van der Waals surface area (Å²) in [5, 5.41) is 0. The second kappa shape index (κ2) is 15.3. The van der Waals surface area contributed by atoms with Crippen molar-refractivity contribution < 1.29 is 19.0 Å². The fraction of sp³-hybridized carbons (Fsp3) is 0.424. The first-order valence-corrected chi connectivity index (χ1v) is 13.8. The van der Waals surface area contributed by atoms with Crippen LogP contribution in [0.4, 0.5) is 0 Å². The molecule has 0 saturated carbocycles. The molecule has 0 radical (unpaired) electrons. The van der Waals surface area contributed by atoms with Crippen molar-refractivity contribution in [2.45, 2.75) is 76.1 Å². The lowest BCUT2D eigenvalue weighted by atomic mass is 9.79. The number of carbonyl (C=O) groups excluding carboxylic acids is 1. The van der Waals surface area contributed by atoms with Crippen LogP contribution in [0.25, 0.3) is 0 Å². The molecule has 0 bridgehead atoms. The van der Waals surface area contributed by atoms with Crippen molar-refractivity contribution in [3.63, 3.8) is 0 Å². The summed E-state index contributed by atoms with van der Waals surface area (Å²) in [6, 6.07) is 27.8. The molecule has 3 aromatic carbocycles. The lowest BCUT2D eigenvalue weighted by Gasteiger charge is -2.39. The first-order chi connectivity index (χ1) is 18.5. The van der Waals surface area contributed by atoms with Gasteiger partial charge in [-0.2, -0.15) is 0 Å². The zero-order valence-corrected chi connectivity index (χ0v) is 23.1. The molecule has 3 rings (SSSR count). The van der Waals surface area contributed by atoms with E-state index in [1.807, 2.05) is 84.9 Å². The molecule has 38 heavy (non-hydrogen) atoms. The highest BCUT2D eigenvalue weighted by Gasteiger charge is 2.41. The van der Waals surface area contributed by atoms with Crippen LogP contribution < -0.4 is 10.5 Å². The van der Waals surface area contributed by atoms with Crippen molar-refractivity contribution in [1.82, 2.24) is 0 Å². The van der Waals surface area contributed by atoms with Crippen LogP contribution in [-0.4, -0.2) is 32.3 Å². The smallest absolute Gasteiger partial charge is 0.246 e. The van der Waals surface area contributed by atoms with Gasteiger partial charge in [0.05, 0.1) is 13.2 Å². The molecule has 5 heteroatoms. The van der Waals surface area contributed by atoms with E-state index in [2.05, 4.69) is 6.92 Å². The van der Waals surface area contributed by atoms with Crippen LogP contribution >= 0.6 is 0 Å². The second-order valence-electron chi connectivity index (χ2n) is 9.80. The van der Waals surface area contributed by atoms with E-state index >= 15 is 0 Å². The third-order valence-electron chi connectivity index (χ3n) is 7.18. The van der Waals surface area contributed by atoms with Gasteiger partial charge in [-0.3, -0.25) is 4.79 Å². The monoisotopic (exact) mass is 517 g/mol. The number of rotatable bonds is 17. The Bertz CT molecular complexity index is 1030. The Morgan fingerprint density at radius 1 is 0.763 bits per heavy atom. The first kappa shape index (κ1) is 29.4. The first-order valence-electron chi connectivity index (χ1n) is 13.8. The predicted octanol–water partition coefficient (Wildman–Crippen LogP) is 7.01. The van der Waals surface area contributed by atoms with Gasteiger partial charge in [-0.25, -0.2) is 0 Å². The van der Waals surface area contributed by atoms with Crippen molar-refractivity contribution >= 4 is 5.91 Å². The third kappa shape index (κ3) is 7.68. The summed E-state index contributed by atoms with van der Waals surface area (Å²) < 4.78 is 18.2. The summed E-state index contributed by atoms with van der Waals surface area (Å²) in [5.41, 5.74) is 7.64. The van der Waals surface area contributed by atoms with Crippen molar-refractivity contribution in [1.29, 1.82) is 0 Å². The Morgan fingerprint density at radius 2 is 1.29 bits per heavy atom. The van der Waals surface area contributed by atoms with Crippen molar-refractivity contribution in [3.05, 3.63) is 102 Å². The molecular weight excluding hydrogens is 474 g/mol. The number of carbonyl (C=O) groups is 1. The van der Waals surface area contributed by atoms with E-state index in [1.54, 1.807) is 14.2 Å². The molecule has 0 aliphatic heterocycles. The number of ether oxygens (including phenoxy) is 3. The van der Waals surface area contributed by atoms with Gasteiger partial charge >= 0.3 is 0 Å². The number of hydrogen-bond donors (Lipinski definition) is 1. The zero-order chi connectivity index (χ0) is 27.2. The number of nitrogens with two attached hydrogens (primary N) is 1. The fourth-order valence-electron chi connectivity index (χ4n) is 5.03. The SMILES string of the molecule is CCCCCCCCC(CC(OC(c1ccccc1)(c1ccccc1)c1ccc(OC)cc1)C(N)=O)OC. The maximum absolute atomic E-state index is 12.9. The molecule has 0 heterocycles. The van der Waals surface area contributed by atoms with Gasteiger partial charge in [0.25, 0.3) is 0 Å². The Kier molecular flexibility index (Phi) is 11.8. The highest BCUT2D eigenvalue weighted by molar-refractivity contribution is 5.79. The molecule has 0 spiro atoms. The molecule has 0 fully saturated rings. The number of hydrogen-bond acceptors (Lipinski definition) is 4. The standard InChI is InChI=1S/C33H43NO4/c1-4-5-6-7-8-15-20-30(37-3)25-31(32(34)35)38-33(26-16-11-9-12-17-26,27-18-13-10-14-19-27)28-21-23-29(36-2)24-22-28/h9-14,16-19,21-24,30-31H,4-8,15,20,25H2,1-3H3,(H2,34,35). The molecule has 1 amide bonds. The van der Waals surface area contributed by atoms with Crippen LogP contribution in [0.1, 0.15) is 75.0 Å². The van der Waals surface area contributed by atoms with E-state index in [-0.39, 0.29) is 6.10 Å². The van der Waals surface area contributed by atoms with E-state index in [1.165, 1.54) is 25.7 Å². The van der Waals surface area contributed by atoms with Crippen molar-refractivity contribution in [2.24, 2.45) is 5.73 Å². The Hall–Kier alpha value is -3.15. The number of methoxy groups -OCH3 is 2. The summed E-state index contributed by atoms with van der Waals surface area (Å²) in [5.74, 6) is 0.244. The van der Waals surface area contributed by atoms with Crippen molar-refractivity contribution in [2.75, 3.05) is 14.2 Å². The van der Waals surface area contributed by atoms with Crippen LogP contribution in [-0.2, 0) is 19.9 Å². The van der Waals surface area contributed by atoms with Gasteiger partial charge in [0.2, 0.25) is 5.91 Å². The fourth-order valence-corrected chi connectivity index (χ4v) is 5.03. The Morgan fingerprint density at radius 3 is 1.79 bits per heavy atom. The lowest BCUT2D eigenvalue weighted by molar-refractivity contribution is -0.141. The quantitative estimate of drug-likeness (QED) is 0.154. The Labute approximate surface area is 228 Å². The third-order valence-corrected chi connectivity index (χ3v) is 7.18. The molecule has 3 aromatic rings. The molecule has 2 N–H and O–H groups in total. The van der Waals surface area contributed by atoms with Crippen LogP contribution in [0.5, 0.6) is 5.75 Å². The molecule has 0 aromatic heterocycles. The summed E-state index contributed by atoms with van der Waals surface area (Å²) in [6.07, 6.45) is 7.47. The average Bonchev–Trinajstić information content (AvgIpc) is 2.97. The number of amides is 1. The normalized spacial score (nSPS) is 13.1. The van der Waals surface area contributed by atoms with Gasteiger partial charge in [-0.1, -0.05) is 118 Å². The van der Waals surface area contributed by atoms with Gasteiger partial charge in [0, 0.05) is 13.5 Å². The van der Waals surface area contributed by atoms with Crippen LogP contribution in [0, 0.1) is 0 Å². The van der Waals surface area contributed by atoms with Gasteiger partial charge in [0.1, 0.15) is 17.5 Å². The van der Waals surface area contributed by atoms with Gasteiger partial charge in [-0.05, 0) is 35.2 Å². The minimum Gasteiger partial charge on any atom is -0.497 e. The van der Waals surface area contributed by atoms with E-state index < -0.39 is 17.6 Å². The molecule has 0 aliphatic carbocycles. The molecule has 204 valence electrons. The van der Waals surface area contributed by atoms with E-state index in [9.17, 15) is 4.79 Å². The molecule has 0 aliphatic rings. The summed E-state index contributed by atoms with van der Waals surface area (Å²) in [4.78, 5) is 12.9. The van der Waals surface area contributed by atoms with Crippen LogP contribution in [0.15, 0.2) is 84.9 Å². The Balaban J connectivity index is 1.97. The van der Waals surface area contributed by atoms with Gasteiger partial charge in [-0.15, -0.1) is 0 Å². The summed E-state index contributed by atoms with van der Waals surface area (Å²) in [6.45, 7) is 2.22. The molecular formula is C33H43NO4. The molecule has 2 atom stereocenters. The second-order valence-corrected chi connectivity index (χ2v) is 9.80. The zero-order valence-electron chi connectivity index (χ0n) is 23.1. The van der Waals surface area contributed by atoms with Crippen LogP contribution in [0.3, 0.4) is 0 Å². The highest BCUT2D eigenvalue weighted by Crippen LogP contribution is 2.42. The molecule has 2 unspecified atom stereocenters. The van der Waals surface area contributed by atoms with Gasteiger partial charge in [0.15, 0.2) is 0 Å². The van der Waals surface area contributed by atoms with Gasteiger partial charge < -0.3 is 19.9 Å². The van der Waals surface area contributed by atoms with Crippen molar-refractivity contribution in [3.8, 4) is 5.75 Å². The maximum Gasteiger partial charge on any atom is 0.246 e. The largest absolute Gasteiger partial charge is 0.497 e. The summed E-state index contributed by atoms with van der Waals surface area (Å²) in [7, 11) is 3.34. The van der Waals surface area contributed by atoms with E-state index in [4.69, 9.17) is 19.9 Å². The minimum atomic E-state index is -1.06. The predicted molar refractivity (Wildman–Crippen MR) is 153 cm³/mol. The number of unbranched alkanes of at least 4 members (excludes halogenated alkanes) is 5. The summed E-state index contributed by atoms with van der Waals surface area (Å²) >= 11 is 0. The topological polar surface area (TPSA) is 70.8 Å². The number of benzene rings is 3. The molecule has 0 saturated heterocycles. The van der Waals surface area contributed by atoms with E-state index in [0.29, 0.717) is 6.42 Å². The highest BCUT2D eigenvalue weighted by atomic mass is 16.5.